The van der Waals surface area contributed by atoms with E-state index in [0.717, 1.165) is 37.4 Å². The first kappa shape index (κ1) is 24.2. The molecule has 3 aliphatic heterocycles. The Morgan fingerprint density at radius 1 is 1.03 bits per heavy atom. The molecule has 5 rings (SSSR count). The van der Waals surface area contributed by atoms with Crippen LogP contribution in [0.15, 0.2) is 30.3 Å². The van der Waals surface area contributed by atoms with Gasteiger partial charge in [0.15, 0.2) is 11.5 Å². The number of ether oxygens (including phenoxy) is 4. The molecule has 3 saturated heterocycles. The lowest BCUT2D eigenvalue weighted by Crippen LogP contribution is -2.53. The SMILES string of the molecule is COc1c(Oc2ccc(CCN)cc2)cc(C(=O)NCC2CC3CCN2CC3)c(OC)c1OC. The van der Waals surface area contributed by atoms with E-state index in [4.69, 9.17) is 24.7 Å². The molecule has 8 nitrogen and oxygen atoms in total. The monoisotopic (exact) mass is 469 g/mol. The van der Waals surface area contributed by atoms with Crippen LogP contribution in [0.4, 0.5) is 0 Å². The van der Waals surface area contributed by atoms with Crippen molar-refractivity contribution in [2.45, 2.75) is 31.7 Å². The zero-order valence-electron chi connectivity index (χ0n) is 20.3. The van der Waals surface area contributed by atoms with Crippen LogP contribution in [0.2, 0.25) is 0 Å². The van der Waals surface area contributed by atoms with E-state index in [2.05, 4.69) is 10.2 Å². The Hall–Kier alpha value is -2.97. The number of hydrogen-bond donors (Lipinski definition) is 2. The Bertz CT molecular complexity index is 987. The van der Waals surface area contributed by atoms with E-state index < -0.39 is 0 Å². The fourth-order valence-corrected chi connectivity index (χ4v) is 5.05. The van der Waals surface area contributed by atoms with Crippen molar-refractivity contribution in [1.29, 1.82) is 0 Å². The fourth-order valence-electron chi connectivity index (χ4n) is 5.05. The normalized spacial score (nSPS) is 21.1. The number of methoxy groups -OCH3 is 3. The first-order chi connectivity index (χ1) is 16.6. The van der Waals surface area contributed by atoms with Crippen molar-refractivity contribution in [3.63, 3.8) is 0 Å². The number of fused-ring (bicyclic) bond motifs is 3. The number of nitrogens with zero attached hydrogens (tertiary/aromatic N) is 1. The fraction of sp³-hybridized carbons (Fsp3) is 0.500. The van der Waals surface area contributed by atoms with Gasteiger partial charge in [-0.2, -0.15) is 0 Å². The van der Waals surface area contributed by atoms with Gasteiger partial charge in [0.25, 0.3) is 5.91 Å². The van der Waals surface area contributed by atoms with Gasteiger partial charge in [-0.15, -0.1) is 0 Å². The molecule has 3 fully saturated rings. The van der Waals surface area contributed by atoms with Crippen LogP contribution in [0, 0.1) is 5.92 Å². The Morgan fingerprint density at radius 2 is 1.71 bits per heavy atom. The Kier molecular flexibility index (Phi) is 7.80. The van der Waals surface area contributed by atoms with Gasteiger partial charge < -0.3 is 30.0 Å². The molecule has 0 spiro atoms. The molecule has 2 aromatic carbocycles. The molecular weight excluding hydrogens is 434 g/mol. The van der Waals surface area contributed by atoms with Crippen LogP contribution in [0.1, 0.15) is 35.2 Å². The van der Waals surface area contributed by atoms with Gasteiger partial charge in [0.05, 0.1) is 26.9 Å². The molecule has 3 N–H and O–H groups in total. The summed E-state index contributed by atoms with van der Waals surface area (Å²) in [6.45, 7) is 3.42. The van der Waals surface area contributed by atoms with Crippen LogP contribution in [-0.2, 0) is 6.42 Å². The molecule has 0 saturated carbocycles. The lowest BCUT2D eigenvalue weighted by atomic mass is 9.83. The van der Waals surface area contributed by atoms with Crippen LogP contribution < -0.4 is 30.0 Å². The first-order valence-corrected chi connectivity index (χ1v) is 11.9. The molecule has 2 aromatic rings. The van der Waals surface area contributed by atoms with E-state index >= 15 is 0 Å². The minimum absolute atomic E-state index is 0.233. The number of hydrogen-bond acceptors (Lipinski definition) is 7. The zero-order valence-corrected chi connectivity index (χ0v) is 20.3. The second-order valence-corrected chi connectivity index (χ2v) is 8.89. The number of piperidine rings is 3. The molecule has 0 radical (unpaired) electrons. The van der Waals surface area contributed by atoms with Gasteiger partial charge in [0, 0.05) is 18.7 Å². The van der Waals surface area contributed by atoms with E-state index in [-0.39, 0.29) is 5.91 Å². The zero-order chi connectivity index (χ0) is 24.1. The summed E-state index contributed by atoms with van der Waals surface area (Å²) in [4.78, 5) is 15.8. The third-order valence-corrected chi connectivity index (χ3v) is 6.87. The van der Waals surface area contributed by atoms with Crippen LogP contribution in [-0.4, -0.2) is 64.4 Å². The molecule has 3 aliphatic rings. The number of benzene rings is 2. The Morgan fingerprint density at radius 3 is 2.26 bits per heavy atom. The maximum atomic E-state index is 13.3. The number of carbonyl (C=O) groups is 1. The molecule has 8 heteroatoms. The lowest BCUT2D eigenvalue weighted by molar-refractivity contribution is 0.0481. The summed E-state index contributed by atoms with van der Waals surface area (Å²) in [7, 11) is 4.55. The van der Waals surface area contributed by atoms with Crippen molar-refractivity contribution >= 4 is 5.91 Å². The van der Waals surface area contributed by atoms with Crippen molar-refractivity contribution in [3.05, 3.63) is 41.5 Å². The Labute approximate surface area is 201 Å². The maximum Gasteiger partial charge on any atom is 0.255 e. The number of amides is 1. The number of carbonyl (C=O) groups excluding carboxylic acids is 1. The molecule has 1 unspecified atom stereocenters. The van der Waals surface area contributed by atoms with Crippen molar-refractivity contribution in [2.75, 3.05) is 47.5 Å². The summed E-state index contributed by atoms with van der Waals surface area (Å²) in [6, 6.07) is 9.70. The molecule has 34 heavy (non-hydrogen) atoms. The minimum atomic E-state index is -0.233. The van der Waals surface area contributed by atoms with Crippen LogP contribution >= 0.6 is 0 Å². The highest BCUT2D eigenvalue weighted by molar-refractivity contribution is 5.99. The largest absolute Gasteiger partial charge is 0.492 e. The summed E-state index contributed by atoms with van der Waals surface area (Å²) in [5.74, 6) is 2.52. The molecule has 3 heterocycles. The molecular formula is C26H35N3O5. The minimum Gasteiger partial charge on any atom is -0.492 e. The second kappa shape index (κ2) is 11.0. The number of rotatable bonds is 10. The van der Waals surface area contributed by atoms with Crippen LogP contribution in [0.5, 0.6) is 28.7 Å². The van der Waals surface area contributed by atoms with Crippen molar-refractivity contribution in [3.8, 4) is 28.7 Å². The van der Waals surface area contributed by atoms with E-state index in [1.807, 2.05) is 24.3 Å². The third-order valence-electron chi connectivity index (χ3n) is 6.87. The van der Waals surface area contributed by atoms with Gasteiger partial charge in [-0.1, -0.05) is 12.1 Å². The topological polar surface area (TPSA) is 95.3 Å². The predicted molar refractivity (Wildman–Crippen MR) is 130 cm³/mol. The summed E-state index contributed by atoms with van der Waals surface area (Å²) >= 11 is 0. The average molecular weight is 470 g/mol. The van der Waals surface area contributed by atoms with Gasteiger partial charge in [-0.05, 0) is 68.9 Å². The van der Waals surface area contributed by atoms with Gasteiger partial charge in [0.1, 0.15) is 5.75 Å². The van der Waals surface area contributed by atoms with Crippen molar-refractivity contribution in [2.24, 2.45) is 11.7 Å². The van der Waals surface area contributed by atoms with Crippen molar-refractivity contribution in [1.82, 2.24) is 10.2 Å². The highest BCUT2D eigenvalue weighted by Gasteiger charge is 2.34. The number of nitrogens with two attached hydrogens (primary N) is 1. The van der Waals surface area contributed by atoms with Gasteiger partial charge in [0.2, 0.25) is 11.5 Å². The van der Waals surface area contributed by atoms with Crippen LogP contribution in [0.3, 0.4) is 0 Å². The predicted octanol–water partition coefficient (Wildman–Crippen LogP) is 3.22. The van der Waals surface area contributed by atoms with E-state index in [9.17, 15) is 4.79 Å². The molecule has 0 aliphatic carbocycles. The first-order valence-electron chi connectivity index (χ1n) is 11.9. The lowest BCUT2D eigenvalue weighted by Gasteiger charge is -2.45. The van der Waals surface area contributed by atoms with E-state index in [0.29, 0.717) is 53.4 Å². The standard InChI is InChI=1S/C26H35N3O5/c1-31-23-21(26(30)28-16-19-14-18-9-12-29(19)13-10-18)15-22(24(32-2)25(23)33-3)34-20-6-4-17(5-7-20)8-11-27/h4-7,15,18-19H,8-14,16,27H2,1-3H3,(H,28,30). The van der Waals surface area contributed by atoms with E-state index in [1.165, 1.54) is 34.2 Å². The van der Waals surface area contributed by atoms with Gasteiger partial charge >= 0.3 is 0 Å². The van der Waals surface area contributed by atoms with E-state index in [1.54, 1.807) is 6.07 Å². The summed E-state index contributed by atoms with van der Waals surface area (Å²) in [5.41, 5.74) is 7.11. The summed E-state index contributed by atoms with van der Waals surface area (Å²) in [6.07, 6.45) is 4.46. The number of nitrogens with one attached hydrogen (secondary N) is 1. The second-order valence-electron chi connectivity index (χ2n) is 8.89. The van der Waals surface area contributed by atoms with Gasteiger partial charge in [-0.3, -0.25) is 9.69 Å². The maximum absolute atomic E-state index is 13.3. The van der Waals surface area contributed by atoms with Crippen LogP contribution in [0.25, 0.3) is 0 Å². The summed E-state index contributed by atoms with van der Waals surface area (Å²) in [5, 5.41) is 3.11. The van der Waals surface area contributed by atoms with Gasteiger partial charge in [-0.25, -0.2) is 0 Å². The molecule has 2 bridgehead atoms. The highest BCUT2D eigenvalue weighted by atomic mass is 16.5. The average Bonchev–Trinajstić information content (AvgIpc) is 2.88. The quantitative estimate of drug-likeness (QED) is 0.552. The molecule has 0 aromatic heterocycles. The molecule has 1 amide bonds. The van der Waals surface area contributed by atoms with Crippen molar-refractivity contribution < 1.29 is 23.7 Å². The highest BCUT2D eigenvalue weighted by Crippen LogP contribution is 2.48. The molecule has 1 atom stereocenters. The third kappa shape index (κ3) is 5.08. The Balaban J connectivity index is 1.58. The summed E-state index contributed by atoms with van der Waals surface area (Å²) < 4.78 is 22.9. The molecule has 184 valence electrons. The smallest absolute Gasteiger partial charge is 0.255 e.